The first kappa shape index (κ1) is 20.4. The van der Waals surface area contributed by atoms with Gasteiger partial charge in [0.15, 0.2) is 5.17 Å². The molecule has 0 radical (unpaired) electrons. The van der Waals surface area contributed by atoms with E-state index < -0.39 is 0 Å². The third-order valence-corrected chi connectivity index (χ3v) is 6.42. The molecule has 1 fully saturated rings. The van der Waals surface area contributed by atoms with Gasteiger partial charge >= 0.3 is 0 Å². The molecule has 0 amide bonds. The Morgan fingerprint density at radius 3 is 2.69 bits per heavy atom. The molecule has 0 unspecified atom stereocenters. The number of para-hydroxylation sites is 1. The van der Waals surface area contributed by atoms with E-state index in [0.717, 1.165) is 62.0 Å². The molecule has 0 bridgehead atoms. The molecule has 0 aromatic heterocycles. The van der Waals surface area contributed by atoms with Crippen molar-refractivity contribution in [1.29, 1.82) is 0 Å². The van der Waals surface area contributed by atoms with E-state index in [1.165, 1.54) is 23.4 Å². The average Bonchev–Trinajstić information content (AvgIpc) is 2.76. The summed E-state index contributed by atoms with van der Waals surface area (Å²) in [6, 6.07) is 15.5. The zero-order valence-corrected chi connectivity index (χ0v) is 17.5. The Hall–Kier alpha value is -1.89. The molecule has 0 aliphatic carbocycles. The number of nitrogens with zero attached hydrogens (tertiary/aromatic N) is 2. The fourth-order valence-corrected chi connectivity index (χ4v) is 4.66. The summed E-state index contributed by atoms with van der Waals surface area (Å²) < 4.78 is 18.7. The van der Waals surface area contributed by atoms with Crippen LogP contribution in [-0.4, -0.2) is 49.0 Å². The molecule has 2 aliphatic heterocycles. The van der Waals surface area contributed by atoms with Gasteiger partial charge in [0.1, 0.15) is 5.82 Å². The van der Waals surface area contributed by atoms with Crippen LogP contribution in [0.2, 0.25) is 0 Å². The van der Waals surface area contributed by atoms with Crippen LogP contribution in [0.25, 0.3) is 0 Å². The van der Waals surface area contributed by atoms with Gasteiger partial charge in [-0.05, 0) is 48.6 Å². The molecule has 2 heterocycles. The summed E-state index contributed by atoms with van der Waals surface area (Å²) in [5.74, 6) is 0.807. The predicted molar refractivity (Wildman–Crippen MR) is 119 cm³/mol. The summed E-state index contributed by atoms with van der Waals surface area (Å²) in [4.78, 5) is 7.43. The lowest BCUT2D eigenvalue weighted by Gasteiger charge is -2.30. The lowest BCUT2D eigenvalue weighted by Crippen LogP contribution is -2.38. The van der Waals surface area contributed by atoms with Gasteiger partial charge in [-0.25, -0.2) is 4.39 Å². The largest absolute Gasteiger partial charge is 0.380 e. The maximum absolute atomic E-state index is 12.9. The maximum atomic E-state index is 12.9. The topological polar surface area (TPSA) is 36.9 Å². The second kappa shape index (κ2) is 10.2. The number of nitrogens with one attached hydrogen (secondary N) is 1. The minimum Gasteiger partial charge on any atom is -0.380 e. The Morgan fingerprint density at radius 1 is 1.07 bits per heavy atom. The molecule has 0 saturated carbocycles. The van der Waals surface area contributed by atoms with Crippen molar-refractivity contribution >= 4 is 22.6 Å². The number of hydrogen-bond acceptors (Lipinski definition) is 4. The van der Waals surface area contributed by atoms with Crippen molar-refractivity contribution in [2.45, 2.75) is 31.1 Å². The number of thioether (sulfide) groups is 1. The molecule has 2 aromatic rings. The Bertz CT molecular complexity index is 819. The quantitative estimate of drug-likeness (QED) is 0.675. The molecule has 0 atom stereocenters. The third-order valence-electron chi connectivity index (χ3n) is 5.48. The molecular formula is C23H28FN3OS. The normalized spacial score (nSPS) is 19.1. The van der Waals surface area contributed by atoms with Crippen molar-refractivity contribution in [3.63, 3.8) is 0 Å². The Balaban J connectivity index is 1.12. The number of ether oxygens (including phenoxy) is 1. The minimum atomic E-state index is -0.189. The molecule has 4 rings (SSSR count). The van der Waals surface area contributed by atoms with Crippen LogP contribution < -0.4 is 5.32 Å². The van der Waals surface area contributed by atoms with Gasteiger partial charge in [0.2, 0.25) is 0 Å². The van der Waals surface area contributed by atoms with Crippen molar-refractivity contribution in [3.8, 4) is 0 Å². The number of benzene rings is 2. The second-order valence-corrected chi connectivity index (χ2v) is 8.53. The lowest BCUT2D eigenvalue weighted by molar-refractivity contribution is 0.0961. The highest BCUT2D eigenvalue weighted by Crippen LogP contribution is 2.29. The van der Waals surface area contributed by atoms with Crippen LogP contribution in [0, 0.1) is 5.82 Å². The van der Waals surface area contributed by atoms with Gasteiger partial charge in [0, 0.05) is 31.1 Å². The summed E-state index contributed by atoms with van der Waals surface area (Å²) in [5, 5.41) is 4.54. The minimum absolute atomic E-state index is 0.189. The van der Waals surface area contributed by atoms with Crippen LogP contribution in [0.1, 0.15) is 24.0 Å². The molecule has 1 saturated heterocycles. The number of piperidine rings is 1. The van der Waals surface area contributed by atoms with Crippen LogP contribution in [0.15, 0.2) is 53.5 Å². The van der Waals surface area contributed by atoms with Gasteiger partial charge in [-0.3, -0.25) is 4.99 Å². The summed E-state index contributed by atoms with van der Waals surface area (Å²) in [7, 11) is 0. The predicted octanol–water partition coefficient (Wildman–Crippen LogP) is 4.56. The van der Waals surface area contributed by atoms with E-state index in [4.69, 9.17) is 9.73 Å². The van der Waals surface area contributed by atoms with E-state index in [1.54, 1.807) is 11.8 Å². The van der Waals surface area contributed by atoms with Crippen molar-refractivity contribution in [2.24, 2.45) is 4.99 Å². The summed E-state index contributed by atoms with van der Waals surface area (Å²) in [6.07, 6.45) is 3.03. The van der Waals surface area contributed by atoms with E-state index in [-0.39, 0.29) is 5.82 Å². The van der Waals surface area contributed by atoms with Gasteiger partial charge in [-0.1, -0.05) is 42.1 Å². The standard InChI is InChI=1S/C23H28FN3OS/c24-20-7-5-18(6-8-20)11-15-28-16-14-27-12-9-21(10-13-27)25-23-26-22-4-2-1-3-19(22)17-29-23/h1-8,21H,9-17H2,(H,25,26). The molecule has 2 aromatic carbocycles. The van der Waals surface area contributed by atoms with Crippen LogP contribution in [0.5, 0.6) is 0 Å². The smallest absolute Gasteiger partial charge is 0.161 e. The number of likely N-dealkylation sites (tertiary alicyclic amines) is 1. The highest BCUT2D eigenvalue weighted by atomic mass is 32.2. The van der Waals surface area contributed by atoms with Crippen molar-refractivity contribution in [2.75, 3.05) is 38.2 Å². The monoisotopic (exact) mass is 413 g/mol. The van der Waals surface area contributed by atoms with Crippen LogP contribution in [-0.2, 0) is 16.9 Å². The molecule has 4 nitrogen and oxygen atoms in total. The second-order valence-electron chi connectivity index (χ2n) is 7.57. The van der Waals surface area contributed by atoms with Gasteiger partial charge < -0.3 is 15.0 Å². The van der Waals surface area contributed by atoms with Crippen LogP contribution in [0.3, 0.4) is 0 Å². The maximum Gasteiger partial charge on any atom is 0.161 e. The molecule has 6 heteroatoms. The van der Waals surface area contributed by atoms with Crippen molar-refractivity contribution < 1.29 is 9.13 Å². The first-order valence-corrected chi connectivity index (χ1v) is 11.3. The lowest BCUT2D eigenvalue weighted by atomic mass is 10.1. The first-order chi connectivity index (χ1) is 14.3. The Kier molecular flexibility index (Phi) is 7.19. The number of fused-ring (bicyclic) bond motifs is 1. The number of rotatable bonds is 7. The van der Waals surface area contributed by atoms with Crippen LogP contribution in [0.4, 0.5) is 10.1 Å². The van der Waals surface area contributed by atoms with E-state index in [1.807, 2.05) is 12.1 Å². The van der Waals surface area contributed by atoms with Gasteiger partial charge in [-0.2, -0.15) is 0 Å². The molecule has 2 aliphatic rings. The number of halogens is 1. The zero-order valence-electron chi connectivity index (χ0n) is 16.6. The molecular weight excluding hydrogens is 385 g/mol. The summed E-state index contributed by atoms with van der Waals surface area (Å²) in [6.45, 7) is 4.54. The molecule has 29 heavy (non-hydrogen) atoms. The number of hydrogen-bond donors (Lipinski definition) is 1. The van der Waals surface area contributed by atoms with E-state index in [0.29, 0.717) is 12.6 Å². The number of anilines is 1. The molecule has 1 N–H and O–H groups in total. The number of aliphatic imine (C=N–C) groups is 1. The SMILES string of the molecule is Fc1ccc(CCOCCN2CCC(N=C3Nc4ccccc4CS3)CC2)cc1. The third kappa shape index (κ3) is 6.04. The highest BCUT2D eigenvalue weighted by Gasteiger charge is 2.20. The average molecular weight is 414 g/mol. The number of amidine groups is 1. The zero-order chi connectivity index (χ0) is 19.9. The van der Waals surface area contributed by atoms with Gasteiger partial charge in [0.25, 0.3) is 0 Å². The van der Waals surface area contributed by atoms with E-state index in [2.05, 4.69) is 34.5 Å². The van der Waals surface area contributed by atoms with Crippen LogP contribution >= 0.6 is 11.8 Å². The van der Waals surface area contributed by atoms with Gasteiger partial charge in [-0.15, -0.1) is 0 Å². The van der Waals surface area contributed by atoms with Crippen molar-refractivity contribution in [1.82, 2.24) is 4.90 Å². The molecule has 154 valence electrons. The molecule has 0 spiro atoms. The van der Waals surface area contributed by atoms with E-state index >= 15 is 0 Å². The first-order valence-electron chi connectivity index (χ1n) is 10.4. The summed E-state index contributed by atoms with van der Waals surface area (Å²) >= 11 is 1.80. The summed E-state index contributed by atoms with van der Waals surface area (Å²) in [5.41, 5.74) is 3.66. The fourth-order valence-electron chi connectivity index (χ4n) is 3.71. The van der Waals surface area contributed by atoms with Gasteiger partial charge in [0.05, 0.1) is 19.3 Å². The highest BCUT2D eigenvalue weighted by molar-refractivity contribution is 8.13. The van der Waals surface area contributed by atoms with E-state index in [9.17, 15) is 4.39 Å². The Labute approximate surface area is 176 Å². The van der Waals surface area contributed by atoms with Crippen molar-refractivity contribution in [3.05, 3.63) is 65.5 Å². The Morgan fingerprint density at radius 2 is 1.86 bits per heavy atom. The fraction of sp³-hybridized carbons (Fsp3) is 0.435.